The lowest BCUT2D eigenvalue weighted by Gasteiger charge is -2.21. The van der Waals surface area contributed by atoms with Crippen molar-refractivity contribution in [1.29, 1.82) is 0 Å². The Balaban J connectivity index is -0.000000682. The van der Waals surface area contributed by atoms with E-state index in [9.17, 15) is 18.7 Å². The third-order valence-electron chi connectivity index (χ3n) is 4.43. The third-order valence-corrected chi connectivity index (χ3v) is 4.43. The number of amides is 1. The highest BCUT2D eigenvalue weighted by Gasteiger charge is 2.29. The fraction of sp³-hybridized carbons (Fsp3) is 0.621. The van der Waals surface area contributed by atoms with E-state index in [1.165, 1.54) is 29.3 Å². The molecular formula is C29H52F2N2O4. The van der Waals surface area contributed by atoms with Gasteiger partial charge in [-0.25, -0.2) is 13.6 Å². The molecule has 216 valence electrons. The van der Waals surface area contributed by atoms with Gasteiger partial charge in [0.2, 0.25) is 0 Å². The number of rotatable bonds is 7. The number of alkyl carbamates (subject to hydrolysis) is 1. The van der Waals surface area contributed by atoms with Crippen LogP contribution in [0.4, 0.5) is 13.6 Å². The Kier molecular flexibility index (Phi) is 25.5. The summed E-state index contributed by atoms with van der Waals surface area (Å²) >= 11 is 0. The average molecular weight is 531 g/mol. The maximum atomic E-state index is 11.9. The van der Waals surface area contributed by atoms with Crippen LogP contribution in [0.15, 0.2) is 47.6 Å². The second kappa shape index (κ2) is 24.1. The number of aliphatic hydroxyl groups excluding tert-OH is 2. The Morgan fingerprint density at radius 3 is 2.08 bits per heavy atom. The van der Waals surface area contributed by atoms with Gasteiger partial charge in [0.15, 0.2) is 0 Å². The minimum Gasteiger partial charge on any atom is -0.444 e. The van der Waals surface area contributed by atoms with Crippen molar-refractivity contribution in [2.75, 3.05) is 20.2 Å². The van der Waals surface area contributed by atoms with Crippen LogP contribution in [-0.2, 0) is 4.74 Å². The predicted molar refractivity (Wildman–Crippen MR) is 151 cm³/mol. The summed E-state index contributed by atoms with van der Waals surface area (Å²) in [5.41, 5.74) is 1.96. The molecule has 37 heavy (non-hydrogen) atoms. The molecule has 2 atom stereocenters. The average Bonchev–Trinajstić information content (AvgIpc) is 3.12. The van der Waals surface area contributed by atoms with Gasteiger partial charge >= 0.3 is 6.09 Å². The van der Waals surface area contributed by atoms with Crippen LogP contribution in [0.25, 0.3) is 0 Å². The molecule has 2 rings (SSSR count). The summed E-state index contributed by atoms with van der Waals surface area (Å²) in [4.78, 5) is 11.5. The zero-order chi connectivity index (χ0) is 29.4. The number of benzene rings is 1. The molecule has 4 N–H and O–H groups in total. The normalized spacial score (nSPS) is 16.2. The van der Waals surface area contributed by atoms with E-state index in [2.05, 4.69) is 36.6 Å². The highest BCUT2D eigenvalue weighted by molar-refractivity contribution is 5.67. The van der Waals surface area contributed by atoms with Gasteiger partial charge < -0.3 is 25.6 Å². The largest absolute Gasteiger partial charge is 0.444 e. The van der Waals surface area contributed by atoms with Crippen molar-refractivity contribution >= 4 is 6.09 Å². The second-order valence-corrected chi connectivity index (χ2v) is 8.47. The zero-order valence-electron chi connectivity index (χ0n) is 24.6. The number of carbonyl (C=O) groups excluding carboxylic acids is 1. The summed E-state index contributed by atoms with van der Waals surface area (Å²) in [5.74, 6) is -1.07. The van der Waals surface area contributed by atoms with Crippen molar-refractivity contribution in [3.63, 3.8) is 0 Å². The fourth-order valence-electron chi connectivity index (χ4n) is 3.07. The van der Waals surface area contributed by atoms with Crippen LogP contribution >= 0.6 is 0 Å². The van der Waals surface area contributed by atoms with Crippen molar-refractivity contribution < 1.29 is 28.5 Å². The summed E-state index contributed by atoms with van der Waals surface area (Å²) in [6.07, 6.45) is 5.96. The van der Waals surface area contributed by atoms with Gasteiger partial charge in [-0.15, -0.1) is 0 Å². The Hall–Kier alpha value is -2.29. The van der Waals surface area contributed by atoms with Crippen LogP contribution in [0.1, 0.15) is 81.6 Å². The minimum atomic E-state index is -0.537. The molecule has 0 aliphatic heterocycles. The molecule has 0 saturated heterocycles. The molecule has 8 heteroatoms. The van der Waals surface area contributed by atoms with Crippen LogP contribution < -0.4 is 10.6 Å². The Morgan fingerprint density at radius 1 is 1.11 bits per heavy atom. The number of nitrogens with one attached hydrogen (secondary N) is 2. The molecule has 0 bridgehead atoms. The van der Waals surface area contributed by atoms with E-state index < -0.39 is 17.2 Å². The molecule has 1 aliphatic rings. The van der Waals surface area contributed by atoms with Crippen molar-refractivity contribution in [2.45, 2.75) is 99.3 Å². The maximum absolute atomic E-state index is 11.9. The Morgan fingerprint density at radius 2 is 1.65 bits per heavy atom. The second-order valence-electron chi connectivity index (χ2n) is 8.47. The smallest absolute Gasteiger partial charge is 0.407 e. The van der Waals surface area contributed by atoms with E-state index in [-0.39, 0.29) is 18.2 Å². The molecule has 0 heterocycles. The third kappa shape index (κ3) is 20.5. The van der Waals surface area contributed by atoms with Gasteiger partial charge in [0.05, 0.1) is 12.1 Å². The number of halogens is 2. The van der Waals surface area contributed by atoms with Gasteiger partial charge in [0.1, 0.15) is 17.2 Å². The molecule has 0 radical (unpaired) electrons. The van der Waals surface area contributed by atoms with Crippen LogP contribution in [0.3, 0.4) is 0 Å². The van der Waals surface area contributed by atoms with Gasteiger partial charge in [-0.2, -0.15) is 0 Å². The van der Waals surface area contributed by atoms with E-state index in [0.717, 1.165) is 39.0 Å². The number of aliphatic hydroxyl groups is 2. The van der Waals surface area contributed by atoms with Gasteiger partial charge in [-0.05, 0) is 71.2 Å². The number of allylic oxidation sites excluding steroid dienone is 1. The summed E-state index contributed by atoms with van der Waals surface area (Å²) in [6.45, 7) is 19.0. The molecule has 0 spiro atoms. The van der Waals surface area contributed by atoms with Gasteiger partial charge in [0.25, 0.3) is 0 Å². The fourth-order valence-corrected chi connectivity index (χ4v) is 3.07. The first kappa shape index (κ1) is 39.2. The Labute approximate surface area is 224 Å². The molecule has 0 aromatic heterocycles. The highest BCUT2D eigenvalue weighted by atomic mass is 19.1. The standard InChI is InChI=1S/C18H32N2O3.C6H4F2.2C2H6.CH4O/c1-6-7-9-14-13(2)12-15(21)16(14)19-10-8-11-20-17(22)23-18(3,4)5;7-5-2-1-3-6(8)4-5;3*1-2/h7,9,15-16,19,21H,6,8,10-12H2,1-5H3,(H,20,22);1-4H;2*1-2H3;2H,1H3/b9-7-;;;;/t15?,16-;;;;/m1..../s1. The number of hydrogen-bond acceptors (Lipinski definition) is 5. The highest BCUT2D eigenvalue weighted by Crippen LogP contribution is 2.27. The van der Waals surface area contributed by atoms with Gasteiger partial charge in [-0.1, -0.05) is 58.4 Å². The first-order valence-electron chi connectivity index (χ1n) is 13.1. The molecule has 0 saturated carbocycles. The zero-order valence-corrected chi connectivity index (χ0v) is 24.6. The molecule has 6 nitrogen and oxygen atoms in total. The topological polar surface area (TPSA) is 90.8 Å². The van der Waals surface area contributed by atoms with E-state index in [1.807, 2.05) is 48.5 Å². The number of ether oxygens (including phenoxy) is 1. The minimum absolute atomic E-state index is 0.0145. The molecule has 1 amide bonds. The quantitative estimate of drug-likeness (QED) is 0.301. The van der Waals surface area contributed by atoms with E-state index in [0.29, 0.717) is 6.54 Å². The summed E-state index contributed by atoms with van der Waals surface area (Å²) < 4.78 is 29.0. The first-order valence-corrected chi connectivity index (χ1v) is 13.1. The Bertz CT molecular complexity index is 745. The number of hydrogen-bond donors (Lipinski definition) is 4. The first-order chi connectivity index (χ1) is 17.5. The summed E-state index contributed by atoms with van der Waals surface area (Å²) in [7, 11) is 1.00. The van der Waals surface area contributed by atoms with E-state index in [4.69, 9.17) is 9.84 Å². The lowest BCUT2D eigenvalue weighted by Crippen LogP contribution is -2.39. The molecule has 1 aliphatic carbocycles. The lowest BCUT2D eigenvalue weighted by atomic mass is 10.1. The predicted octanol–water partition coefficient (Wildman–Crippen LogP) is 6.53. The van der Waals surface area contributed by atoms with Crippen molar-refractivity contribution in [3.05, 3.63) is 59.2 Å². The maximum Gasteiger partial charge on any atom is 0.407 e. The van der Waals surface area contributed by atoms with Crippen molar-refractivity contribution in [1.82, 2.24) is 10.6 Å². The molecule has 1 aromatic rings. The van der Waals surface area contributed by atoms with Crippen LogP contribution in [0, 0.1) is 11.6 Å². The summed E-state index contributed by atoms with van der Waals surface area (Å²) in [5, 5.41) is 23.3. The molecule has 1 unspecified atom stereocenters. The summed E-state index contributed by atoms with van der Waals surface area (Å²) in [6, 6.07) is 4.54. The van der Waals surface area contributed by atoms with Gasteiger partial charge in [0, 0.05) is 19.7 Å². The molecule has 0 fully saturated rings. The van der Waals surface area contributed by atoms with E-state index in [1.54, 1.807) is 0 Å². The SMILES string of the molecule is CC.CC.CC/C=C\C1=C(C)CC(O)[C@@H]1NCCCNC(=O)OC(C)(C)C.CO.Fc1cccc(F)c1. The van der Waals surface area contributed by atoms with Crippen LogP contribution in [0.5, 0.6) is 0 Å². The monoisotopic (exact) mass is 530 g/mol. The molecular weight excluding hydrogens is 478 g/mol. The molecule has 1 aromatic carbocycles. The van der Waals surface area contributed by atoms with Crippen molar-refractivity contribution in [2.24, 2.45) is 0 Å². The van der Waals surface area contributed by atoms with Crippen molar-refractivity contribution in [3.8, 4) is 0 Å². The van der Waals surface area contributed by atoms with Crippen LogP contribution in [0.2, 0.25) is 0 Å². The lowest BCUT2D eigenvalue weighted by molar-refractivity contribution is 0.0527. The van der Waals surface area contributed by atoms with Crippen LogP contribution in [-0.4, -0.2) is 54.3 Å². The van der Waals surface area contributed by atoms with Gasteiger partial charge in [-0.3, -0.25) is 0 Å². The number of carbonyl (C=O) groups is 1. The van der Waals surface area contributed by atoms with E-state index >= 15 is 0 Å².